The van der Waals surface area contributed by atoms with Crippen LogP contribution in [0.4, 0.5) is 11.4 Å². The molecule has 0 aliphatic heterocycles. The van der Waals surface area contributed by atoms with Gasteiger partial charge < -0.3 is 15.4 Å². The first-order chi connectivity index (χ1) is 11.8. The van der Waals surface area contributed by atoms with Gasteiger partial charge in [-0.3, -0.25) is 9.52 Å². The number of benzene rings is 2. The summed E-state index contributed by atoms with van der Waals surface area (Å²) in [6, 6.07) is 12.5. The monoisotopic (exact) mass is 379 g/mol. The summed E-state index contributed by atoms with van der Waals surface area (Å²) in [7, 11) is -2.18. The zero-order valence-electron chi connectivity index (χ0n) is 13.6. The van der Waals surface area contributed by atoms with Gasteiger partial charge in [-0.2, -0.15) is 0 Å². The minimum atomic E-state index is -3.72. The number of methoxy groups -OCH3 is 1. The van der Waals surface area contributed by atoms with Gasteiger partial charge in [-0.1, -0.05) is 0 Å². The summed E-state index contributed by atoms with van der Waals surface area (Å²) in [5.74, 6) is 0.342. The first kappa shape index (κ1) is 18.7. The van der Waals surface area contributed by atoms with E-state index in [1.807, 2.05) is 0 Å². The van der Waals surface area contributed by atoms with E-state index >= 15 is 0 Å². The third-order valence-corrected chi connectivity index (χ3v) is 4.66. The van der Waals surface area contributed by atoms with Crippen LogP contribution in [0.1, 0.15) is 6.92 Å². The molecule has 0 fully saturated rings. The molecule has 1 amide bonds. The normalized spacial score (nSPS) is 10.6. The lowest BCUT2D eigenvalue weighted by Gasteiger charge is -2.11. The summed E-state index contributed by atoms with van der Waals surface area (Å²) in [5, 5.41) is 5.34. The predicted molar refractivity (Wildman–Crippen MR) is 100 cm³/mol. The standard InChI is InChI=1S/C16H17N3O4S2/c1-11(20)17-16(24)18-12-5-9-15(10-6-12)25(21,22)19-13-3-7-14(23-2)8-4-13/h3-10,19H,1-2H3,(H2,17,18,20,24). The lowest BCUT2D eigenvalue weighted by atomic mass is 10.3. The van der Waals surface area contributed by atoms with Gasteiger partial charge in [-0.15, -0.1) is 0 Å². The van der Waals surface area contributed by atoms with Gasteiger partial charge in [0, 0.05) is 18.3 Å². The maximum atomic E-state index is 12.4. The van der Waals surface area contributed by atoms with Crippen molar-refractivity contribution in [3.8, 4) is 5.75 Å². The van der Waals surface area contributed by atoms with Crippen LogP contribution in [0.5, 0.6) is 5.75 Å². The van der Waals surface area contributed by atoms with Crippen molar-refractivity contribution in [2.45, 2.75) is 11.8 Å². The Morgan fingerprint density at radius 1 is 1.00 bits per heavy atom. The summed E-state index contributed by atoms with van der Waals surface area (Å²) in [4.78, 5) is 11.0. The van der Waals surface area contributed by atoms with Crippen LogP contribution in [-0.4, -0.2) is 26.5 Å². The molecule has 9 heteroatoms. The Morgan fingerprint density at radius 2 is 1.56 bits per heavy atom. The van der Waals surface area contributed by atoms with Crippen LogP contribution in [-0.2, 0) is 14.8 Å². The molecule has 132 valence electrons. The highest BCUT2D eigenvalue weighted by atomic mass is 32.2. The van der Waals surface area contributed by atoms with Crippen LogP contribution in [0.15, 0.2) is 53.4 Å². The quantitative estimate of drug-likeness (QED) is 0.690. The number of carbonyl (C=O) groups excluding carboxylic acids is 1. The van der Waals surface area contributed by atoms with Gasteiger partial charge in [0.15, 0.2) is 5.11 Å². The second-order valence-electron chi connectivity index (χ2n) is 4.99. The van der Waals surface area contributed by atoms with E-state index in [0.717, 1.165) is 0 Å². The molecule has 7 nitrogen and oxygen atoms in total. The second kappa shape index (κ2) is 7.95. The minimum Gasteiger partial charge on any atom is -0.497 e. The van der Waals surface area contributed by atoms with Gasteiger partial charge in [0.2, 0.25) is 5.91 Å². The smallest absolute Gasteiger partial charge is 0.261 e. The molecule has 2 aromatic rings. The summed E-state index contributed by atoms with van der Waals surface area (Å²) in [6.07, 6.45) is 0. The molecule has 0 aromatic heterocycles. The van der Waals surface area contributed by atoms with E-state index in [2.05, 4.69) is 15.4 Å². The lowest BCUT2D eigenvalue weighted by Crippen LogP contribution is -2.32. The molecule has 0 bridgehead atoms. The molecule has 0 atom stereocenters. The van der Waals surface area contributed by atoms with Crippen molar-refractivity contribution < 1.29 is 17.9 Å². The third kappa shape index (κ3) is 5.44. The number of hydrogen-bond donors (Lipinski definition) is 3. The molecule has 25 heavy (non-hydrogen) atoms. The number of nitrogens with one attached hydrogen (secondary N) is 3. The van der Waals surface area contributed by atoms with Crippen molar-refractivity contribution >= 4 is 44.6 Å². The van der Waals surface area contributed by atoms with E-state index in [-0.39, 0.29) is 15.9 Å². The molecule has 0 aliphatic carbocycles. The maximum absolute atomic E-state index is 12.4. The highest BCUT2D eigenvalue weighted by molar-refractivity contribution is 7.92. The van der Waals surface area contributed by atoms with Crippen molar-refractivity contribution in [1.29, 1.82) is 0 Å². The van der Waals surface area contributed by atoms with Crippen LogP contribution in [0, 0.1) is 0 Å². The molecule has 0 spiro atoms. The van der Waals surface area contributed by atoms with Gasteiger partial charge in [0.25, 0.3) is 10.0 Å². The fourth-order valence-electron chi connectivity index (χ4n) is 1.91. The first-order valence-corrected chi connectivity index (χ1v) is 9.05. The Bertz CT molecular complexity index is 863. The number of rotatable bonds is 5. The third-order valence-electron chi connectivity index (χ3n) is 3.05. The van der Waals surface area contributed by atoms with Gasteiger partial charge in [-0.25, -0.2) is 8.42 Å². The van der Waals surface area contributed by atoms with Crippen LogP contribution in [0.25, 0.3) is 0 Å². The average Bonchev–Trinajstić information content (AvgIpc) is 2.55. The predicted octanol–water partition coefficient (Wildman–Crippen LogP) is 2.33. The number of anilines is 2. The van der Waals surface area contributed by atoms with Crippen LogP contribution in [0.3, 0.4) is 0 Å². The van der Waals surface area contributed by atoms with Crippen molar-refractivity contribution in [2.75, 3.05) is 17.1 Å². The molecule has 2 rings (SSSR count). The highest BCUT2D eigenvalue weighted by Gasteiger charge is 2.14. The molecular formula is C16H17N3O4S2. The van der Waals surface area contributed by atoms with E-state index in [9.17, 15) is 13.2 Å². The van der Waals surface area contributed by atoms with Crippen LogP contribution in [0.2, 0.25) is 0 Å². The zero-order chi connectivity index (χ0) is 18.4. The number of sulfonamides is 1. The SMILES string of the molecule is COc1ccc(NS(=O)(=O)c2ccc(NC(=S)NC(C)=O)cc2)cc1. The fourth-order valence-corrected chi connectivity index (χ4v) is 3.23. The molecule has 0 heterocycles. The van der Waals surface area contributed by atoms with Gasteiger partial charge in [0.05, 0.1) is 12.0 Å². The van der Waals surface area contributed by atoms with Crippen molar-refractivity contribution in [3.05, 3.63) is 48.5 Å². The number of ether oxygens (including phenoxy) is 1. The molecule has 0 aliphatic rings. The minimum absolute atomic E-state index is 0.0966. The average molecular weight is 379 g/mol. The fraction of sp³-hybridized carbons (Fsp3) is 0.125. The number of amides is 1. The largest absolute Gasteiger partial charge is 0.497 e. The Morgan fingerprint density at radius 3 is 2.08 bits per heavy atom. The molecule has 0 unspecified atom stereocenters. The van der Waals surface area contributed by atoms with Crippen molar-refractivity contribution in [2.24, 2.45) is 0 Å². The summed E-state index contributed by atoms with van der Waals surface area (Å²) in [5.41, 5.74) is 0.983. The molecule has 2 aromatic carbocycles. The first-order valence-electron chi connectivity index (χ1n) is 7.15. The van der Waals surface area contributed by atoms with Gasteiger partial charge >= 0.3 is 0 Å². The van der Waals surface area contributed by atoms with E-state index in [0.29, 0.717) is 17.1 Å². The van der Waals surface area contributed by atoms with Crippen molar-refractivity contribution in [1.82, 2.24) is 5.32 Å². The molecular weight excluding hydrogens is 362 g/mol. The summed E-state index contributed by atoms with van der Waals surface area (Å²) in [6.45, 7) is 1.34. The van der Waals surface area contributed by atoms with E-state index in [4.69, 9.17) is 17.0 Å². The lowest BCUT2D eigenvalue weighted by molar-refractivity contribution is -0.117. The second-order valence-corrected chi connectivity index (χ2v) is 7.08. The van der Waals surface area contributed by atoms with Crippen LogP contribution >= 0.6 is 12.2 Å². The Labute approximate surface area is 151 Å². The number of thiocarbonyl (C=S) groups is 1. The highest BCUT2D eigenvalue weighted by Crippen LogP contribution is 2.20. The number of hydrogen-bond acceptors (Lipinski definition) is 5. The van der Waals surface area contributed by atoms with Gasteiger partial charge in [-0.05, 0) is 60.7 Å². The Hall–Kier alpha value is -2.65. The summed E-state index contributed by atoms with van der Waals surface area (Å²) >= 11 is 4.94. The van der Waals surface area contributed by atoms with Gasteiger partial charge in [0.1, 0.15) is 5.75 Å². The molecule has 3 N–H and O–H groups in total. The maximum Gasteiger partial charge on any atom is 0.261 e. The van der Waals surface area contributed by atoms with Crippen molar-refractivity contribution in [3.63, 3.8) is 0 Å². The molecule has 0 saturated heterocycles. The van der Waals surface area contributed by atoms with E-state index in [1.165, 1.54) is 26.2 Å². The van der Waals surface area contributed by atoms with Crippen LogP contribution < -0.4 is 20.1 Å². The zero-order valence-corrected chi connectivity index (χ0v) is 15.2. The van der Waals surface area contributed by atoms with E-state index in [1.54, 1.807) is 36.4 Å². The summed E-state index contributed by atoms with van der Waals surface area (Å²) < 4.78 is 32.3. The topological polar surface area (TPSA) is 96.5 Å². The molecule has 0 saturated carbocycles. The Kier molecular flexibility index (Phi) is 5.94. The van der Waals surface area contributed by atoms with E-state index < -0.39 is 10.0 Å². The Balaban J connectivity index is 2.08. The number of carbonyl (C=O) groups is 1. The molecule has 0 radical (unpaired) electrons.